The van der Waals surface area contributed by atoms with Crippen LogP contribution in [0.2, 0.25) is 0 Å². The summed E-state index contributed by atoms with van der Waals surface area (Å²) in [5.41, 5.74) is 2.51. The number of carbonyl (C=O) groups excluding carboxylic acids is 1. The van der Waals surface area contributed by atoms with Crippen LogP contribution in [-0.4, -0.2) is 25.7 Å². The van der Waals surface area contributed by atoms with Crippen LogP contribution in [0.25, 0.3) is 16.9 Å². The van der Waals surface area contributed by atoms with E-state index in [9.17, 15) is 4.79 Å². The Morgan fingerprint density at radius 3 is 2.69 bits per heavy atom. The molecular weight excluding hydrogens is 330 g/mol. The third-order valence-corrected chi connectivity index (χ3v) is 4.21. The number of rotatable bonds is 4. The predicted molar refractivity (Wildman–Crippen MR) is 95.5 cm³/mol. The van der Waals surface area contributed by atoms with Crippen LogP contribution in [0.5, 0.6) is 0 Å². The Kier molecular flexibility index (Phi) is 3.96. The minimum atomic E-state index is -0.335. The molecule has 0 fully saturated rings. The lowest BCUT2D eigenvalue weighted by atomic mass is 10.1. The molecule has 7 nitrogen and oxygen atoms in total. The monoisotopic (exact) mass is 347 g/mol. The molecule has 0 radical (unpaired) electrons. The van der Waals surface area contributed by atoms with Crippen LogP contribution in [0.3, 0.4) is 0 Å². The first kappa shape index (κ1) is 16.0. The van der Waals surface area contributed by atoms with Crippen LogP contribution in [0.15, 0.2) is 59.3 Å². The van der Waals surface area contributed by atoms with Crippen molar-refractivity contribution in [3.63, 3.8) is 0 Å². The molecule has 26 heavy (non-hydrogen) atoms. The van der Waals surface area contributed by atoms with Crippen molar-refractivity contribution in [1.29, 1.82) is 0 Å². The summed E-state index contributed by atoms with van der Waals surface area (Å²) in [6.45, 7) is 3.60. The first-order valence-corrected chi connectivity index (χ1v) is 8.27. The molecule has 0 saturated carbocycles. The van der Waals surface area contributed by atoms with Crippen molar-refractivity contribution in [2.24, 2.45) is 0 Å². The molecule has 4 rings (SSSR count). The molecule has 1 atom stereocenters. The van der Waals surface area contributed by atoms with E-state index in [2.05, 4.69) is 20.7 Å². The maximum Gasteiger partial charge on any atom is 0.257 e. The molecule has 0 unspecified atom stereocenters. The number of aryl methyl sites for hydroxylation is 1. The van der Waals surface area contributed by atoms with Crippen LogP contribution in [0.1, 0.15) is 34.9 Å². The van der Waals surface area contributed by atoms with Crippen molar-refractivity contribution in [3.8, 4) is 11.3 Å². The number of carbonyl (C=O) groups is 1. The SMILES string of the molecule is Cc1onc(-c2ccccc2)c1C(=O)N[C@@H](C)c1nnc2ccccn12. The topological polar surface area (TPSA) is 85.3 Å². The van der Waals surface area contributed by atoms with Crippen LogP contribution >= 0.6 is 0 Å². The summed E-state index contributed by atoms with van der Waals surface area (Å²) in [5, 5.41) is 15.3. The van der Waals surface area contributed by atoms with Gasteiger partial charge in [0.15, 0.2) is 11.5 Å². The molecule has 1 N–H and O–H groups in total. The number of nitrogens with zero attached hydrogens (tertiary/aromatic N) is 4. The Hall–Kier alpha value is -3.48. The van der Waals surface area contributed by atoms with E-state index in [4.69, 9.17) is 4.52 Å². The van der Waals surface area contributed by atoms with Gasteiger partial charge in [0.1, 0.15) is 17.0 Å². The molecule has 3 heterocycles. The lowest BCUT2D eigenvalue weighted by Gasteiger charge is -2.12. The summed E-state index contributed by atoms with van der Waals surface area (Å²) in [6.07, 6.45) is 1.87. The number of fused-ring (bicyclic) bond motifs is 1. The smallest absolute Gasteiger partial charge is 0.257 e. The molecule has 1 amide bonds. The number of pyridine rings is 1. The van der Waals surface area contributed by atoms with Crippen molar-refractivity contribution >= 4 is 11.6 Å². The molecule has 7 heteroatoms. The van der Waals surface area contributed by atoms with Gasteiger partial charge in [-0.3, -0.25) is 9.20 Å². The fourth-order valence-corrected chi connectivity index (χ4v) is 2.92. The van der Waals surface area contributed by atoms with E-state index in [0.717, 1.165) is 11.2 Å². The normalized spacial score (nSPS) is 12.2. The lowest BCUT2D eigenvalue weighted by Crippen LogP contribution is -2.28. The van der Waals surface area contributed by atoms with Gasteiger partial charge in [0.25, 0.3) is 5.91 Å². The van der Waals surface area contributed by atoms with Gasteiger partial charge in [-0.05, 0) is 26.0 Å². The van der Waals surface area contributed by atoms with Crippen molar-refractivity contribution in [2.75, 3.05) is 0 Å². The highest BCUT2D eigenvalue weighted by Gasteiger charge is 2.24. The van der Waals surface area contributed by atoms with Crippen LogP contribution in [0, 0.1) is 6.92 Å². The Balaban J connectivity index is 1.64. The second kappa shape index (κ2) is 6.44. The minimum absolute atomic E-state index is 0.261. The van der Waals surface area contributed by atoms with Crippen molar-refractivity contribution in [2.45, 2.75) is 19.9 Å². The Labute approximate surface area is 149 Å². The fraction of sp³-hybridized carbons (Fsp3) is 0.158. The zero-order chi connectivity index (χ0) is 18.1. The zero-order valence-corrected chi connectivity index (χ0v) is 14.4. The Morgan fingerprint density at radius 1 is 1.12 bits per heavy atom. The van der Waals surface area contributed by atoms with Gasteiger partial charge in [-0.25, -0.2) is 0 Å². The van der Waals surface area contributed by atoms with Crippen molar-refractivity contribution in [3.05, 3.63) is 71.9 Å². The van der Waals surface area contributed by atoms with Gasteiger partial charge in [0, 0.05) is 11.8 Å². The van der Waals surface area contributed by atoms with Gasteiger partial charge in [-0.2, -0.15) is 0 Å². The first-order valence-electron chi connectivity index (χ1n) is 8.27. The Morgan fingerprint density at radius 2 is 1.88 bits per heavy atom. The molecule has 0 saturated heterocycles. The molecule has 130 valence electrons. The van der Waals surface area contributed by atoms with Gasteiger partial charge in [0.2, 0.25) is 0 Å². The van der Waals surface area contributed by atoms with Gasteiger partial charge in [-0.15, -0.1) is 10.2 Å². The number of hydrogen-bond donors (Lipinski definition) is 1. The van der Waals surface area contributed by atoms with Crippen LogP contribution in [0.4, 0.5) is 0 Å². The average molecular weight is 347 g/mol. The maximum absolute atomic E-state index is 12.9. The van der Waals surface area contributed by atoms with E-state index in [1.807, 2.05) is 66.1 Å². The number of nitrogens with one attached hydrogen (secondary N) is 1. The quantitative estimate of drug-likeness (QED) is 0.613. The molecular formula is C19H17N5O2. The molecule has 0 bridgehead atoms. The largest absolute Gasteiger partial charge is 0.360 e. The van der Waals surface area contributed by atoms with E-state index < -0.39 is 0 Å². The number of amides is 1. The lowest BCUT2D eigenvalue weighted by molar-refractivity contribution is 0.0937. The fourth-order valence-electron chi connectivity index (χ4n) is 2.92. The van der Waals surface area contributed by atoms with E-state index in [-0.39, 0.29) is 11.9 Å². The van der Waals surface area contributed by atoms with Crippen LogP contribution < -0.4 is 5.32 Å². The highest BCUT2D eigenvalue weighted by Crippen LogP contribution is 2.25. The summed E-state index contributed by atoms with van der Waals surface area (Å²) >= 11 is 0. The zero-order valence-electron chi connectivity index (χ0n) is 14.4. The first-order chi connectivity index (χ1) is 12.6. The molecule has 0 aliphatic carbocycles. The molecule has 3 aromatic heterocycles. The molecule has 0 aliphatic rings. The van der Waals surface area contributed by atoms with E-state index in [0.29, 0.717) is 22.8 Å². The van der Waals surface area contributed by atoms with E-state index >= 15 is 0 Å². The third kappa shape index (κ3) is 2.73. The minimum Gasteiger partial charge on any atom is -0.360 e. The van der Waals surface area contributed by atoms with Gasteiger partial charge in [-0.1, -0.05) is 41.6 Å². The second-order valence-corrected chi connectivity index (χ2v) is 6.01. The van der Waals surface area contributed by atoms with E-state index in [1.165, 1.54) is 0 Å². The summed E-state index contributed by atoms with van der Waals surface area (Å²) < 4.78 is 7.12. The number of hydrogen-bond acceptors (Lipinski definition) is 5. The maximum atomic E-state index is 12.9. The highest BCUT2D eigenvalue weighted by molar-refractivity contribution is 6.00. The summed E-state index contributed by atoms with van der Waals surface area (Å²) in [7, 11) is 0. The summed E-state index contributed by atoms with van der Waals surface area (Å²) in [6, 6.07) is 14.8. The predicted octanol–water partition coefficient (Wildman–Crippen LogP) is 3.18. The van der Waals surface area contributed by atoms with Gasteiger partial charge in [0.05, 0.1) is 6.04 Å². The van der Waals surface area contributed by atoms with E-state index in [1.54, 1.807) is 6.92 Å². The molecule has 0 aliphatic heterocycles. The van der Waals surface area contributed by atoms with Gasteiger partial charge >= 0.3 is 0 Å². The Bertz CT molecular complexity index is 1070. The summed E-state index contributed by atoms with van der Waals surface area (Å²) in [4.78, 5) is 12.9. The molecule has 0 spiro atoms. The molecule has 4 aromatic rings. The third-order valence-electron chi connectivity index (χ3n) is 4.21. The summed E-state index contributed by atoms with van der Waals surface area (Å²) in [5.74, 6) is 0.867. The van der Waals surface area contributed by atoms with Gasteiger partial charge < -0.3 is 9.84 Å². The molecule has 1 aromatic carbocycles. The standard InChI is InChI=1S/C19H17N5O2/c1-12(18-22-21-15-10-6-7-11-24(15)18)20-19(25)16-13(2)26-23-17(16)14-8-4-3-5-9-14/h3-12H,1-2H3,(H,20,25)/t12-/m0/s1. The second-order valence-electron chi connectivity index (χ2n) is 6.01. The van der Waals surface area contributed by atoms with Crippen LogP contribution in [-0.2, 0) is 0 Å². The number of benzene rings is 1. The highest BCUT2D eigenvalue weighted by atomic mass is 16.5. The van der Waals surface area contributed by atoms with Crippen molar-refractivity contribution < 1.29 is 9.32 Å². The average Bonchev–Trinajstić information content (AvgIpc) is 3.26. The number of aromatic nitrogens is 4. The van der Waals surface area contributed by atoms with Crippen molar-refractivity contribution in [1.82, 2.24) is 25.1 Å².